The van der Waals surface area contributed by atoms with Crippen molar-refractivity contribution in [2.75, 3.05) is 32.8 Å². The molecule has 28 heavy (non-hydrogen) atoms. The van der Waals surface area contributed by atoms with E-state index in [4.69, 9.17) is 4.74 Å². The number of aromatic amines is 1. The van der Waals surface area contributed by atoms with Crippen molar-refractivity contribution in [3.05, 3.63) is 35.5 Å². The van der Waals surface area contributed by atoms with Crippen molar-refractivity contribution in [3.8, 4) is 0 Å². The van der Waals surface area contributed by atoms with Gasteiger partial charge in [-0.15, -0.1) is 0 Å². The van der Waals surface area contributed by atoms with Crippen LogP contribution in [0.15, 0.2) is 24.3 Å². The third-order valence-electron chi connectivity index (χ3n) is 4.90. The standard InChI is InChI=1S/C21H27N3O4/c1-14(2)13-28-21(27)24-10-6-9-23(11-12-24)20(26)19(25)18-15(3)22-17-8-5-4-7-16(17)18/h4-5,7-8,14,22H,6,9-13H2,1-3H3. The highest BCUT2D eigenvalue weighted by Gasteiger charge is 2.29. The molecule has 150 valence electrons. The van der Waals surface area contributed by atoms with Crippen LogP contribution in [0.5, 0.6) is 0 Å². The molecule has 0 spiro atoms. The number of hydrogen-bond donors (Lipinski definition) is 1. The maximum absolute atomic E-state index is 12.9. The van der Waals surface area contributed by atoms with Gasteiger partial charge in [-0.3, -0.25) is 9.59 Å². The van der Waals surface area contributed by atoms with Gasteiger partial charge in [0.1, 0.15) is 0 Å². The third kappa shape index (κ3) is 4.18. The normalized spacial score (nSPS) is 15.0. The first-order chi connectivity index (χ1) is 13.4. The summed E-state index contributed by atoms with van der Waals surface area (Å²) in [6.07, 6.45) is 0.254. The molecule has 0 unspecified atom stereocenters. The highest BCUT2D eigenvalue weighted by atomic mass is 16.6. The Morgan fingerprint density at radius 3 is 2.50 bits per heavy atom. The summed E-state index contributed by atoms with van der Waals surface area (Å²) in [7, 11) is 0. The Balaban J connectivity index is 1.68. The largest absolute Gasteiger partial charge is 0.449 e. The SMILES string of the molecule is Cc1[nH]c2ccccc2c1C(=O)C(=O)N1CCCN(C(=O)OCC(C)C)CC1. The van der Waals surface area contributed by atoms with Gasteiger partial charge in [0.15, 0.2) is 0 Å². The smallest absolute Gasteiger partial charge is 0.409 e. The Morgan fingerprint density at radius 2 is 1.75 bits per heavy atom. The summed E-state index contributed by atoms with van der Waals surface area (Å²) in [6, 6.07) is 7.46. The Labute approximate surface area is 164 Å². The maximum atomic E-state index is 12.9. The summed E-state index contributed by atoms with van der Waals surface area (Å²) in [5.74, 6) is -0.762. The molecule has 7 nitrogen and oxygen atoms in total. The first-order valence-electron chi connectivity index (χ1n) is 9.71. The van der Waals surface area contributed by atoms with E-state index in [-0.39, 0.29) is 12.0 Å². The second-order valence-electron chi connectivity index (χ2n) is 7.60. The lowest BCUT2D eigenvalue weighted by Gasteiger charge is -2.22. The topological polar surface area (TPSA) is 82.7 Å². The summed E-state index contributed by atoms with van der Waals surface area (Å²) in [4.78, 5) is 44.3. The lowest BCUT2D eigenvalue weighted by atomic mass is 10.1. The van der Waals surface area contributed by atoms with Crippen LogP contribution >= 0.6 is 0 Å². The fourth-order valence-electron chi connectivity index (χ4n) is 3.45. The predicted molar refractivity (Wildman–Crippen MR) is 106 cm³/mol. The minimum atomic E-state index is -0.523. The number of aryl methyl sites for hydroxylation is 1. The molecule has 1 aromatic heterocycles. The van der Waals surface area contributed by atoms with Gasteiger partial charge in [0.25, 0.3) is 11.7 Å². The Bertz CT molecular complexity index is 887. The van der Waals surface area contributed by atoms with Crippen LogP contribution < -0.4 is 0 Å². The quantitative estimate of drug-likeness (QED) is 0.648. The molecular weight excluding hydrogens is 358 g/mol. The van der Waals surface area contributed by atoms with Crippen molar-refractivity contribution >= 4 is 28.7 Å². The number of fused-ring (bicyclic) bond motifs is 1. The number of para-hydroxylation sites is 1. The number of carbonyl (C=O) groups is 3. The van der Waals surface area contributed by atoms with Gasteiger partial charge >= 0.3 is 6.09 Å². The van der Waals surface area contributed by atoms with Crippen LogP contribution in [-0.4, -0.2) is 65.4 Å². The Morgan fingerprint density at radius 1 is 1.07 bits per heavy atom. The Hall–Kier alpha value is -2.83. The molecule has 1 saturated heterocycles. The third-order valence-corrected chi connectivity index (χ3v) is 4.90. The van der Waals surface area contributed by atoms with Crippen LogP contribution in [0.25, 0.3) is 10.9 Å². The van der Waals surface area contributed by atoms with Crippen LogP contribution in [-0.2, 0) is 9.53 Å². The molecule has 2 aromatic rings. The first kappa shape index (κ1) is 19.9. The van der Waals surface area contributed by atoms with E-state index < -0.39 is 11.7 Å². The van der Waals surface area contributed by atoms with E-state index >= 15 is 0 Å². The van der Waals surface area contributed by atoms with Crippen LogP contribution in [0.4, 0.5) is 4.79 Å². The molecule has 1 N–H and O–H groups in total. The summed E-state index contributed by atoms with van der Waals surface area (Å²) < 4.78 is 5.28. The monoisotopic (exact) mass is 385 g/mol. The number of hydrogen-bond acceptors (Lipinski definition) is 4. The van der Waals surface area contributed by atoms with Gasteiger partial charge in [0.05, 0.1) is 12.2 Å². The first-order valence-corrected chi connectivity index (χ1v) is 9.71. The van der Waals surface area contributed by atoms with E-state index in [1.54, 1.807) is 16.7 Å². The molecule has 0 saturated carbocycles. The molecular formula is C21H27N3O4. The van der Waals surface area contributed by atoms with Crippen LogP contribution in [0, 0.1) is 12.8 Å². The molecule has 0 aliphatic carbocycles. The number of nitrogens with zero attached hydrogens (tertiary/aromatic N) is 2. The van der Waals surface area contributed by atoms with Gasteiger partial charge in [0.2, 0.25) is 0 Å². The average molecular weight is 385 g/mol. The number of H-pyrrole nitrogens is 1. The molecule has 1 fully saturated rings. The van der Waals surface area contributed by atoms with Gasteiger partial charge in [-0.05, 0) is 25.3 Å². The molecule has 2 amide bonds. The maximum Gasteiger partial charge on any atom is 0.409 e. The van der Waals surface area contributed by atoms with Gasteiger partial charge in [-0.25, -0.2) is 4.79 Å². The van der Waals surface area contributed by atoms with E-state index in [2.05, 4.69) is 4.98 Å². The Kier molecular flexibility index (Phi) is 6.02. The molecule has 0 radical (unpaired) electrons. The van der Waals surface area contributed by atoms with E-state index in [9.17, 15) is 14.4 Å². The van der Waals surface area contributed by atoms with Crippen LogP contribution in [0.3, 0.4) is 0 Å². The van der Waals surface area contributed by atoms with E-state index in [0.717, 1.165) is 10.9 Å². The summed E-state index contributed by atoms with van der Waals surface area (Å²) in [5, 5.41) is 0.757. The fraction of sp³-hybridized carbons (Fsp3) is 0.476. The predicted octanol–water partition coefficient (Wildman–Crippen LogP) is 2.99. The zero-order valence-electron chi connectivity index (χ0n) is 16.7. The zero-order valence-corrected chi connectivity index (χ0v) is 16.7. The second-order valence-corrected chi connectivity index (χ2v) is 7.60. The minimum Gasteiger partial charge on any atom is -0.449 e. The molecule has 0 bridgehead atoms. The van der Waals surface area contributed by atoms with Crippen molar-refractivity contribution in [1.82, 2.24) is 14.8 Å². The van der Waals surface area contributed by atoms with Gasteiger partial charge in [-0.2, -0.15) is 0 Å². The van der Waals surface area contributed by atoms with Gasteiger partial charge in [0, 0.05) is 42.8 Å². The van der Waals surface area contributed by atoms with Gasteiger partial charge < -0.3 is 19.5 Å². The average Bonchev–Trinajstić information content (AvgIpc) is 2.84. The number of amides is 2. The minimum absolute atomic E-state index is 0.269. The lowest BCUT2D eigenvalue weighted by molar-refractivity contribution is -0.126. The molecule has 7 heteroatoms. The number of carbonyl (C=O) groups excluding carboxylic acids is 3. The van der Waals surface area contributed by atoms with Crippen molar-refractivity contribution in [1.29, 1.82) is 0 Å². The second kappa shape index (κ2) is 8.46. The van der Waals surface area contributed by atoms with E-state index in [1.165, 1.54) is 0 Å². The van der Waals surface area contributed by atoms with E-state index in [0.29, 0.717) is 50.5 Å². The number of benzene rings is 1. The summed E-state index contributed by atoms with van der Waals surface area (Å²) in [5.41, 5.74) is 1.96. The van der Waals surface area contributed by atoms with Crippen molar-refractivity contribution in [2.24, 2.45) is 5.92 Å². The molecule has 1 aromatic carbocycles. The zero-order chi connectivity index (χ0) is 20.3. The lowest BCUT2D eigenvalue weighted by Crippen LogP contribution is -2.40. The molecule has 2 heterocycles. The summed E-state index contributed by atoms with van der Waals surface area (Å²) >= 11 is 0. The number of rotatable bonds is 4. The van der Waals surface area contributed by atoms with Crippen LogP contribution in [0.1, 0.15) is 36.3 Å². The van der Waals surface area contributed by atoms with E-state index in [1.807, 2.05) is 38.1 Å². The fourth-order valence-corrected chi connectivity index (χ4v) is 3.45. The number of nitrogens with one attached hydrogen (secondary N) is 1. The van der Waals surface area contributed by atoms with Gasteiger partial charge in [-0.1, -0.05) is 32.0 Å². The van der Waals surface area contributed by atoms with Crippen molar-refractivity contribution in [3.63, 3.8) is 0 Å². The van der Waals surface area contributed by atoms with Crippen molar-refractivity contribution < 1.29 is 19.1 Å². The highest BCUT2D eigenvalue weighted by Crippen LogP contribution is 2.23. The van der Waals surface area contributed by atoms with Crippen molar-refractivity contribution in [2.45, 2.75) is 27.2 Å². The number of Topliss-reactive ketones (excluding diaryl/α,β-unsaturated/α-hetero) is 1. The summed E-state index contributed by atoms with van der Waals surface area (Å²) in [6.45, 7) is 7.78. The number of ether oxygens (including phenoxy) is 1. The molecule has 3 rings (SSSR count). The molecule has 1 aliphatic heterocycles. The molecule has 0 atom stereocenters. The number of ketones is 1. The molecule has 1 aliphatic rings. The highest BCUT2D eigenvalue weighted by molar-refractivity contribution is 6.45. The van der Waals surface area contributed by atoms with Crippen LogP contribution in [0.2, 0.25) is 0 Å². The number of aromatic nitrogens is 1.